The quantitative estimate of drug-likeness (QED) is 0.776. The second kappa shape index (κ2) is 7.27. The third kappa shape index (κ3) is 3.63. The van der Waals surface area contributed by atoms with E-state index in [2.05, 4.69) is 23.5 Å². The van der Waals surface area contributed by atoms with Crippen molar-refractivity contribution in [3.63, 3.8) is 0 Å². The lowest BCUT2D eigenvalue weighted by Crippen LogP contribution is -2.37. The Bertz CT molecular complexity index is 853. The molecule has 0 unspecified atom stereocenters. The lowest BCUT2D eigenvalue weighted by molar-refractivity contribution is -0.129. The molecule has 0 saturated heterocycles. The van der Waals surface area contributed by atoms with Crippen molar-refractivity contribution in [3.05, 3.63) is 70.4 Å². The van der Waals surface area contributed by atoms with Crippen LogP contribution in [0.25, 0.3) is 10.8 Å². The molecule has 122 valence electrons. The summed E-state index contributed by atoms with van der Waals surface area (Å²) < 4.78 is 0. The maximum atomic E-state index is 12.3. The predicted octanol–water partition coefficient (Wildman–Crippen LogP) is 3.29. The van der Waals surface area contributed by atoms with Gasteiger partial charge in [0.1, 0.15) is 0 Å². The molecule has 2 aromatic carbocycles. The molecule has 0 fully saturated rings. The lowest BCUT2D eigenvalue weighted by atomic mass is 10.0. The van der Waals surface area contributed by atoms with E-state index in [0.29, 0.717) is 12.1 Å². The highest BCUT2D eigenvalue weighted by molar-refractivity contribution is 7.08. The average molecular weight is 338 g/mol. The van der Waals surface area contributed by atoms with Gasteiger partial charge < -0.3 is 10.2 Å². The molecule has 24 heavy (non-hydrogen) atoms. The van der Waals surface area contributed by atoms with E-state index in [1.807, 2.05) is 29.6 Å². The van der Waals surface area contributed by atoms with Gasteiger partial charge in [0.25, 0.3) is 5.91 Å². The van der Waals surface area contributed by atoms with Crippen LogP contribution in [0.4, 0.5) is 0 Å². The molecule has 0 saturated carbocycles. The molecule has 0 aliphatic heterocycles. The molecule has 0 bridgehead atoms. The molecule has 0 aliphatic carbocycles. The third-order valence-electron chi connectivity index (χ3n) is 3.90. The highest BCUT2D eigenvalue weighted by Crippen LogP contribution is 2.19. The predicted molar refractivity (Wildman–Crippen MR) is 97.1 cm³/mol. The molecule has 3 aromatic rings. The first-order valence-corrected chi connectivity index (χ1v) is 8.60. The largest absolute Gasteiger partial charge is 0.343 e. The Kier molecular flexibility index (Phi) is 4.91. The van der Waals surface area contributed by atoms with Gasteiger partial charge in [-0.05, 0) is 27.8 Å². The summed E-state index contributed by atoms with van der Waals surface area (Å²) >= 11 is 1.46. The Morgan fingerprint density at radius 3 is 2.67 bits per heavy atom. The van der Waals surface area contributed by atoms with Gasteiger partial charge in [0.2, 0.25) is 5.91 Å². The van der Waals surface area contributed by atoms with Crippen molar-refractivity contribution >= 4 is 33.9 Å². The van der Waals surface area contributed by atoms with Crippen molar-refractivity contribution in [2.45, 2.75) is 6.54 Å². The Balaban J connectivity index is 1.62. The summed E-state index contributed by atoms with van der Waals surface area (Å²) in [5.74, 6) is -0.338. The van der Waals surface area contributed by atoms with E-state index in [9.17, 15) is 9.59 Å². The maximum absolute atomic E-state index is 12.3. The van der Waals surface area contributed by atoms with E-state index in [0.717, 1.165) is 16.3 Å². The van der Waals surface area contributed by atoms with Crippen molar-refractivity contribution in [2.24, 2.45) is 0 Å². The summed E-state index contributed by atoms with van der Waals surface area (Å²) in [5.41, 5.74) is 1.68. The monoisotopic (exact) mass is 338 g/mol. The van der Waals surface area contributed by atoms with Crippen molar-refractivity contribution in [1.29, 1.82) is 0 Å². The molecule has 5 heteroatoms. The van der Waals surface area contributed by atoms with Gasteiger partial charge >= 0.3 is 0 Å². The zero-order valence-corrected chi connectivity index (χ0v) is 14.2. The van der Waals surface area contributed by atoms with Crippen LogP contribution >= 0.6 is 11.3 Å². The van der Waals surface area contributed by atoms with Gasteiger partial charge in [-0.15, -0.1) is 0 Å². The normalized spacial score (nSPS) is 10.5. The van der Waals surface area contributed by atoms with Gasteiger partial charge in [-0.1, -0.05) is 42.5 Å². The van der Waals surface area contributed by atoms with E-state index >= 15 is 0 Å². The van der Waals surface area contributed by atoms with Crippen molar-refractivity contribution in [1.82, 2.24) is 10.2 Å². The zero-order chi connectivity index (χ0) is 16.9. The van der Waals surface area contributed by atoms with Gasteiger partial charge in [-0.25, -0.2) is 0 Å². The summed E-state index contributed by atoms with van der Waals surface area (Å²) in [6.45, 7) is 0.504. The number of nitrogens with one attached hydrogen (secondary N) is 1. The summed E-state index contributed by atoms with van der Waals surface area (Å²) in [7, 11) is 1.75. The van der Waals surface area contributed by atoms with Gasteiger partial charge in [-0.2, -0.15) is 11.3 Å². The minimum absolute atomic E-state index is 0.00402. The number of carbonyl (C=O) groups is 2. The van der Waals surface area contributed by atoms with E-state index in [1.54, 1.807) is 23.4 Å². The Morgan fingerprint density at radius 1 is 1.08 bits per heavy atom. The molecule has 0 radical (unpaired) electrons. The Morgan fingerprint density at radius 2 is 1.88 bits per heavy atom. The molecule has 0 atom stereocenters. The summed E-state index contributed by atoms with van der Waals surface area (Å²) in [5, 5.41) is 8.56. The molecule has 1 aromatic heterocycles. The first-order chi connectivity index (χ1) is 11.6. The van der Waals surface area contributed by atoms with Crippen molar-refractivity contribution in [2.75, 3.05) is 13.6 Å². The molecule has 2 amide bonds. The Labute approximate surface area is 144 Å². The van der Waals surface area contributed by atoms with Crippen LogP contribution < -0.4 is 5.32 Å². The number of rotatable bonds is 5. The van der Waals surface area contributed by atoms with Gasteiger partial charge in [0.05, 0.1) is 6.54 Å². The fraction of sp³-hybridized carbons (Fsp3) is 0.158. The fourth-order valence-electron chi connectivity index (χ4n) is 2.56. The fourth-order valence-corrected chi connectivity index (χ4v) is 3.20. The number of carbonyl (C=O) groups excluding carboxylic acids is 2. The lowest BCUT2D eigenvalue weighted by Gasteiger charge is -2.18. The topological polar surface area (TPSA) is 49.4 Å². The molecule has 4 nitrogen and oxygen atoms in total. The van der Waals surface area contributed by atoms with Crippen LogP contribution in [-0.2, 0) is 11.3 Å². The minimum atomic E-state index is -0.219. The van der Waals surface area contributed by atoms with Crippen LogP contribution in [0.5, 0.6) is 0 Å². The first kappa shape index (κ1) is 16.2. The number of hydrogen-bond donors (Lipinski definition) is 1. The van der Waals surface area contributed by atoms with Crippen LogP contribution in [-0.4, -0.2) is 30.3 Å². The van der Waals surface area contributed by atoms with Crippen LogP contribution in [0.3, 0.4) is 0 Å². The molecule has 0 aliphatic rings. The molecule has 1 N–H and O–H groups in total. The third-order valence-corrected chi connectivity index (χ3v) is 4.58. The van der Waals surface area contributed by atoms with Crippen molar-refractivity contribution < 1.29 is 9.59 Å². The number of amides is 2. The number of hydrogen-bond acceptors (Lipinski definition) is 3. The minimum Gasteiger partial charge on any atom is -0.343 e. The highest BCUT2D eigenvalue weighted by atomic mass is 32.1. The molecule has 3 rings (SSSR count). The summed E-state index contributed by atoms with van der Waals surface area (Å²) in [6, 6.07) is 15.9. The molecule has 1 heterocycles. The van der Waals surface area contributed by atoms with Crippen LogP contribution in [0, 0.1) is 0 Å². The van der Waals surface area contributed by atoms with Gasteiger partial charge in [0, 0.05) is 24.5 Å². The summed E-state index contributed by atoms with van der Waals surface area (Å²) in [4.78, 5) is 25.8. The molecular weight excluding hydrogens is 320 g/mol. The molecule has 0 spiro atoms. The van der Waals surface area contributed by atoms with E-state index in [1.165, 1.54) is 11.3 Å². The standard InChI is InChI=1S/C19H18N2O2S/c1-21(18(22)11-20-19(23)16-9-10-24-13-16)12-15-7-4-6-14-5-2-3-8-17(14)15/h2-10,13H,11-12H2,1H3,(H,20,23). The first-order valence-electron chi connectivity index (χ1n) is 7.66. The average Bonchev–Trinajstić information content (AvgIpc) is 3.14. The number of fused-ring (bicyclic) bond motifs is 1. The SMILES string of the molecule is CN(Cc1cccc2ccccc12)C(=O)CNC(=O)c1ccsc1. The molecular formula is C19H18N2O2S. The number of nitrogens with zero attached hydrogens (tertiary/aromatic N) is 1. The number of benzene rings is 2. The van der Waals surface area contributed by atoms with Crippen LogP contribution in [0.1, 0.15) is 15.9 Å². The number of thiophene rings is 1. The van der Waals surface area contributed by atoms with Crippen LogP contribution in [0.2, 0.25) is 0 Å². The van der Waals surface area contributed by atoms with Crippen molar-refractivity contribution in [3.8, 4) is 0 Å². The van der Waals surface area contributed by atoms with Gasteiger partial charge in [0.15, 0.2) is 0 Å². The van der Waals surface area contributed by atoms with Crippen LogP contribution in [0.15, 0.2) is 59.3 Å². The maximum Gasteiger partial charge on any atom is 0.252 e. The second-order valence-electron chi connectivity index (χ2n) is 5.58. The van der Waals surface area contributed by atoms with E-state index in [4.69, 9.17) is 0 Å². The zero-order valence-electron chi connectivity index (χ0n) is 13.4. The van der Waals surface area contributed by atoms with E-state index < -0.39 is 0 Å². The second-order valence-corrected chi connectivity index (χ2v) is 6.36. The number of likely N-dealkylation sites (N-methyl/N-ethyl adjacent to an activating group) is 1. The van der Waals surface area contributed by atoms with Gasteiger partial charge in [-0.3, -0.25) is 9.59 Å². The van der Waals surface area contributed by atoms with E-state index in [-0.39, 0.29) is 18.4 Å². The summed E-state index contributed by atoms with van der Waals surface area (Å²) in [6.07, 6.45) is 0. The smallest absolute Gasteiger partial charge is 0.252 e. The Hall–Kier alpha value is -2.66. The highest BCUT2D eigenvalue weighted by Gasteiger charge is 2.13.